The number of aromatic nitrogens is 2. The lowest BCUT2D eigenvalue weighted by atomic mass is 9.92. The van der Waals surface area contributed by atoms with Crippen molar-refractivity contribution in [1.82, 2.24) is 9.97 Å². The molecule has 6 aromatic carbocycles. The van der Waals surface area contributed by atoms with Gasteiger partial charge in [-0.2, -0.15) is 0 Å². The molecule has 186 valence electrons. The van der Waals surface area contributed by atoms with E-state index in [-0.39, 0.29) is 0 Å². The number of hydrogen-bond acceptors (Lipinski definition) is 2. The minimum Gasteiger partial charge on any atom is -0.256 e. The van der Waals surface area contributed by atoms with Crippen molar-refractivity contribution in [3.8, 4) is 33.5 Å². The Labute approximate surface area is 232 Å². The summed E-state index contributed by atoms with van der Waals surface area (Å²) in [5.74, 6) is 0. The summed E-state index contributed by atoms with van der Waals surface area (Å²) in [6, 6.07) is 49.5. The predicted molar refractivity (Wildman–Crippen MR) is 168 cm³/mol. The summed E-state index contributed by atoms with van der Waals surface area (Å²) in [5.41, 5.74) is 8.76. The van der Waals surface area contributed by atoms with E-state index in [1.807, 2.05) is 18.3 Å². The Hall–Kier alpha value is -5.34. The molecule has 0 N–H and O–H groups in total. The van der Waals surface area contributed by atoms with Crippen molar-refractivity contribution >= 4 is 43.4 Å². The molecule has 8 rings (SSSR count). The van der Waals surface area contributed by atoms with Crippen LogP contribution in [0.3, 0.4) is 0 Å². The van der Waals surface area contributed by atoms with Gasteiger partial charge in [-0.1, -0.05) is 115 Å². The average molecular weight is 509 g/mol. The predicted octanol–water partition coefficient (Wildman–Crippen LogP) is 10.1. The average Bonchev–Trinajstić information content (AvgIpc) is 3.04. The molecule has 0 spiro atoms. The van der Waals surface area contributed by atoms with Gasteiger partial charge in [-0.25, -0.2) is 4.98 Å². The Morgan fingerprint density at radius 1 is 0.375 bits per heavy atom. The molecule has 2 nitrogen and oxygen atoms in total. The first-order valence-corrected chi connectivity index (χ1v) is 13.6. The molecule has 40 heavy (non-hydrogen) atoms. The third kappa shape index (κ3) is 3.73. The topological polar surface area (TPSA) is 25.8 Å². The maximum Gasteiger partial charge on any atom is 0.0794 e. The second-order valence-electron chi connectivity index (χ2n) is 10.3. The fourth-order valence-electron chi connectivity index (χ4n) is 5.86. The number of pyridine rings is 2. The number of para-hydroxylation sites is 1. The molecule has 0 saturated heterocycles. The van der Waals surface area contributed by atoms with E-state index in [1.54, 1.807) is 0 Å². The molecule has 2 aromatic heterocycles. The van der Waals surface area contributed by atoms with Gasteiger partial charge >= 0.3 is 0 Å². The zero-order valence-electron chi connectivity index (χ0n) is 21.8. The summed E-state index contributed by atoms with van der Waals surface area (Å²) < 4.78 is 0. The Kier molecular flexibility index (Phi) is 5.17. The van der Waals surface area contributed by atoms with Crippen LogP contribution in [0.2, 0.25) is 0 Å². The second kappa shape index (κ2) is 9.14. The molecule has 0 bridgehead atoms. The Bertz CT molecular complexity index is 2200. The van der Waals surface area contributed by atoms with Gasteiger partial charge in [0.2, 0.25) is 0 Å². The summed E-state index contributed by atoms with van der Waals surface area (Å²) in [6.45, 7) is 0. The van der Waals surface area contributed by atoms with Crippen LogP contribution in [0.1, 0.15) is 0 Å². The first kappa shape index (κ1) is 22.6. The molecule has 0 aliphatic rings. The first-order chi connectivity index (χ1) is 19.8. The largest absolute Gasteiger partial charge is 0.256 e. The minimum atomic E-state index is 0.984. The van der Waals surface area contributed by atoms with E-state index in [1.165, 1.54) is 32.7 Å². The van der Waals surface area contributed by atoms with Crippen LogP contribution in [0, 0.1) is 0 Å². The summed E-state index contributed by atoms with van der Waals surface area (Å²) in [6.07, 6.45) is 1.96. The molecule has 2 heteroatoms. The van der Waals surface area contributed by atoms with Gasteiger partial charge in [0.25, 0.3) is 0 Å². The van der Waals surface area contributed by atoms with E-state index in [2.05, 4.69) is 127 Å². The van der Waals surface area contributed by atoms with Gasteiger partial charge in [0.1, 0.15) is 0 Å². The van der Waals surface area contributed by atoms with Crippen molar-refractivity contribution in [2.24, 2.45) is 0 Å². The zero-order chi connectivity index (χ0) is 26.5. The SMILES string of the molecule is c1ccc(-c2ccc3c(ccc4c5ccc(-c6cnc7ccccc7c6)cc5nc(-c5ccccc5)c34)c2)cc1. The number of rotatable bonds is 3. The molecule has 0 aliphatic heterocycles. The molecule has 0 atom stereocenters. The minimum absolute atomic E-state index is 0.984. The quantitative estimate of drug-likeness (QED) is 0.222. The van der Waals surface area contributed by atoms with Crippen LogP contribution < -0.4 is 0 Å². The van der Waals surface area contributed by atoms with E-state index in [0.717, 1.165) is 44.2 Å². The highest BCUT2D eigenvalue weighted by Crippen LogP contribution is 2.39. The van der Waals surface area contributed by atoms with Crippen LogP contribution in [0.25, 0.3) is 76.9 Å². The first-order valence-electron chi connectivity index (χ1n) is 13.6. The summed E-state index contributed by atoms with van der Waals surface area (Å²) >= 11 is 0. The van der Waals surface area contributed by atoms with Gasteiger partial charge in [-0.05, 0) is 57.1 Å². The lowest BCUT2D eigenvalue weighted by Gasteiger charge is -2.14. The lowest BCUT2D eigenvalue weighted by Crippen LogP contribution is -1.92. The zero-order valence-corrected chi connectivity index (χ0v) is 21.8. The van der Waals surface area contributed by atoms with Crippen LogP contribution in [-0.2, 0) is 0 Å². The van der Waals surface area contributed by atoms with E-state index in [4.69, 9.17) is 9.97 Å². The van der Waals surface area contributed by atoms with E-state index in [0.29, 0.717) is 0 Å². The fourth-order valence-corrected chi connectivity index (χ4v) is 5.86. The smallest absolute Gasteiger partial charge is 0.0794 e. The maximum absolute atomic E-state index is 5.33. The third-order valence-electron chi connectivity index (χ3n) is 7.85. The number of fused-ring (bicyclic) bond motifs is 6. The van der Waals surface area contributed by atoms with Gasteiger partial charge in [-0.15, -0.1) is 0 Å². The van der Waals surface area contributed by atoms with Gasteiger partial charge in [-0.3, -0.25) is 4.98 Å². The summed E-state index contributed by atoms with van der Waals surface area (Å²) in [4.78, 5) is 10.0. The maximum atomic E-state index is 5.33. The molecule has 0 radical (unpaired) electrons. The molecule has 0 fully saturated rings. The van der Waals surface area contributed by atoms with Crippen molar-refractivity contribution in [2.75, 3.05) is 0 Å². The standard InChI is InChI=1S/C38H24N2/c1-3-9-25(10-4-1)27-15-18-32-29(21-27)17-20-34-33-19-16-28(31-22-30-13-7-8-14-35(30)39-24-31)23-36(33)40-38(37(32)34)26-11-5-2-6-12-26/h1-24H. The molecule has 0 saturated carbocycles. The number of nitrogens with zero attached hydrogens (tertiary/aromatic N) is 2. The second-order valence-corrected chi connectivity index (χ2v) is 10.3. The van der Waals surface area contributed by atoms with Crippen molar-refractivity contribution in [3.05, 3.63) is 146 Å². The van der Waals surface area contributed by atoms with E-state index in [9.17, 15) is 0 Å². The molecular weight excluding hydrogens is 484 g/mol. The lowest BCUT2D eigenvalue weighted by molar-refractivity contribution is 1.40. The number of benzene rings is 6. The Balaban J connectivity index is 1.38. The summed E-state index contributed by atoms with van der Waals surface area (Å²) in [5, 5.41) is 7.13. The molecular formula is C38H24N2. The van der Waals surface area contributed by atoms with Gasteiger partial charge < -0.3 is 0 Å². The fraction of sp³-hybridized carbons (Fsp3) is 0. The normalized spacial score (nSPS) is 11.5. The number of hydrogen-bond donors (Lipinski definition) is 0. The molecule has 2 heterocycles. The van der Waals surface area contributed by atoms with Gasteiger partial charge in [0.15, 0.2) is 0 Å². The van der Waals surface area contributed by atoms with Crippen molar-refractivity contribution in [1.29, 1.82) is 0 Å². The molecule has 8 aromatic rings. The van der Waals surface area contributed by atoms with E-state index >= 15 is 0 Å². The highest BCUT2D eigenvalue weighted by molar-refractivity contribution is 6.21. The van der Waals surface area contributed by atoms with Crippen LogP contribution >= 0.6 is 0 Å². The van der Waals surface area contributed by atoms with Crippen LogP contribution in [0.5, 0.6) is 0 Å². The third-order valence-corrected chi connectivity index (χ3v) is 7.85. The Morgan fingerprint density at radius 3 is 1.85 bits per heavy atom. The highest BCUT2D eigenvalue weighted by atomic mass is 14.7. The van der Waals surface area contributed by atoms with Crippen molar-refractivity contribution in [2.45, 2.75) is 0 Å². The van der Waals surface area contributed by atoms with Crippen molar-refractivity contribution in [3.63, 3.8) is 0 Å². The molecule has 0 amide bonds. The summed E-state index contributed by atoms with van der Waals surface area (Å²) in [7, 11) is 0. The van der Waals surface area contributed by atoms with Gasteiger partial charge in [0.05, 0.1) is 16.7 Å². The van der Waals surface area contributed by atoms with Crippen LogP contribution in [0.4, 0.5) is 0 Å². The van der Waals surface area contributed by atoms with E-state index < -0.39 is 0 Å². The van der Waals surface area contributed by atoms with Crippen LogP contribution in [0.15, 0.2) is 146 Å². The monoisotopic (exact) mass is 508 g/mol. The molecule has 0 unspecified atom stereocenters. The molecule has 0 aliphatic carbocycles. The van der Waals surface area contributed by atoms with Crippen LogP contribution in [-0.4, -0.2) is 9.97 Å². The highest BCUT2D eigenvalue weighted by Gasteiger charge is 2.15. The Morgan fingerprint density at radius 2 is 1.02 bits per heavy atom. The van der Waals surface area contributed by atoms with Gasteiger partial charge in [0, 0.05) is 33.5 Å². The van der Waals surface area contributed by atoms with Crippen molar-refractivity contribution < 1.29 is 0 Å².